The molecule has 0 spiro atoms. The van der Waals surface area contributed by atoms with Gasteiger partial charge >= 0.3 is 0 Å². The van der Waals surface area contributed by atoms with Crippen LogP contribution in [0.2, 0.25) is 0 Å². The minimum Gasteiger partial charge on any atom is -0.497 e. The Labute approximate surface area is 119 Å². The van der Waals surface area contributed by atoms with Gasteiger partial charge < -0.3 is 4.74 Å². The van der Waals surface area contributed by atoms with Gasteiger partial charge in [0, 0.05) is 15.5 Å². The number of thioether (sulfide) groups is 1. The van der Waals surface area contributed by atoms with Crippen LogP contribution in [0.4, 0.5) is 0 Å². The van der Waals surface area contributed by atoms with Gasteiger partial charge in [-0.15, -0.1) is 23.1 Å². The van der Waals surface area contributed by atoms with Gasteiger partial charge in [0.2, 0.25) is 0 Å². The zero-order valence-corrected chi connectivity index (χ0v) is 12.0. The number of carbonyl (C=O) groups excluding carboxylic acids is 1. The molecule has 0 radical (unpaired) electrons. The van der Waals surface area contributed by atoms with Crippen molar-refractivity contribution in [2.45, 2.75) is 10.6 Å². The summed E-state index contributed by atoms with van der Waals surface area (Å²) in [6, 6.07) is 11.6. The molecule has 0 aliphatic heterocycles. The molecule has 1 aromatic heterocycles. The zero-order chi connectivity index (χ0) is 13.7. The maximum absolute atomic E-state index is 11.3. The zero-order valence-electron chi connectivity index (χ0n) is 10.4. The van der Waals surface area contributed by atoms with E-state index in [4.69, 9.17) is 10.6 Å². The number of nitrogens with one attached hydrogen (secondary N) is 1. The lowest BCUT2D eigenvalue weighted by Gasteiger charge is -2.02. The average Bonchev–Trinajstić information content (AvgIpc) is 2.93. The van der Waals surface area contributed by atoms with Gasteiger partial charge in [0.05, 0.1) is 12.0 Å². The quantitative estimate of drug-likeness (QED) is 0.385. The first-order valence-corrected chi connectivity index (χ1v) is 7.39. The maximum atomic E-state index is 11.3. The number of rotatable bonds is 5. The highest BCUT2D eigenvalue weighted by Gasteiger charge is 2.07. The largest absolute Gasteiger partial charge is 0.497 e. The molecular formula is C13H14N2O2S2. The Morgan fingerprint density at radius 1 is 1.32 bits per heavy atom. The summed E-state index contributed by atoms with van der Waals surface area (Å²) in [6.45, 7) is 0. The Morgan fingerprint density at radius 3 is 2.68 bits per heavy atom. The third kappa shape index (κ3) is 3.73. The number of ether oxygens (including phenoxy) is 1. The SMILES string of the molecule is COc1ccc(SCc2ccc(C(=O)NN)s2)cc1. The van der Waals surface area contributed by atoms with Crippen LogP contribution in [0.1, 0.15) is 14.5 Å². The molecule has 19 heavy (non-hydrogen) atoms. The lowest BCUT2D eigenvalue weighted by atomic mass is 10.3. The van der Waals surface area contributed by atoms with Crippen molar-refractivity contribution in [3.05, 3.63) is 46.2 Å². The average molecular weight is 294 g/mol. The van der Waals surface area contributed by atoms with E-state index >= 15 is 0 Å². The number of nitrogens with two attached hydrogens (primary N) is 1. The van der Waals surface area contributed by atoms with Gasteiger partial charge in [-0.05, 0) is 36.4 Å². The molecule has 0 aliphatic carbocycles. The molecule has 1 aromatic carbocycles. The third-order valence-electron chi connectivity index (χ3n) is 2.46. The highest BCUT2D eigenvalue weighted by atomic mass is 32.2. The predicted octanol–water partition coefficient (Wildman–Crippen LogP) is 2.65. The number of hydrazine groups is 1. The first-order valence-electron chi connectivity index (χ1n) is 5.59. The van der Waals surface area contributed by atoms with Gasteiger partial charge in [-0.1, -0.05) is 0 Å². The summed E-state index contributed by atoms with van der Waals surface area (Å²) >= 11 is 3.17. The van der Waals surface area contributed by atoms with Crippen LogP contribution in [0.15, 0.2) is 41.3 Å². The first kappa shape index (κ1) is 13.9. The molecule has 0 aliphatic rings. The van der Waals surface area contributed by atoms with Crippen LogP contribution in [0.25, 0.3) is 0 Å². The number of carbonyl (C=O) groups is 1. The summed E-state index contributed by atoms with van der Waals surface area (Å²) in [4.78, 5) is 14.3. The third-order valence-corrected chi connectivity index (χ3v) is 4.78. The van der Waals surface area contributed by atoms with E-state index in [9.17, 15) is 4.79 Å². The molecule has 0 bridgehead atoms. The number of methoxy groups -OCH3 is 1. The topological polar surface area (TPSA) is 64.3 Å². The highest BCUT2D eigenvalue weighted by molar-refractivity contribution is 7.98. The molecule has 0 unspecified atom stereocenters. The van der Waals surface area contributed by atoms with Crippen molar-refractivity contribution in [1.82, 2.24) is 5.43 Å². The summed E-state index contributed by atoms with van der Waals surface area (Å²) in [5, 5.41) is 0. The minimum absolute atomic E-state index is 0.245. The molecule has 0 saturated heterocycles. The number of benzene rings is 1. The Kier molecular flexibility index (Phi) is 4.84. The first-order chi connectivity index (χ1) is 9.22. The van der Waals surface area contributed by atoms with E-state index in [-0.39, 0.29) is 5.91 Å². The molecule has 0 saturated carbocycles. The van der Waals surface area contributed by atoms with Crippen molar-refractivity contribution >= 4 is 29.0 Å². The van der Waals surface area contributed by atoms with Crippen molar-refractivity contribution in [3.8, 4) is 5.75 Å². The summed E-state index contributed by atoms with van der Waals surface area (Å²) in [7, 11) is 1.65. The Bertz CT molecular complexity index is 552. The van der Waals surface area contributed by atoms with E-state index in [0.717, 1.165) is 16.4 Å². The molecule has 0 fully saturated rings. The fraction of sp³-hybridized carbons (Fsp3) is 0.154. The lowest BCUT2D eigenvalue weighted by molar-refractivity contribution is 0.0957. The molecule has 6 heteroatoms. The number of hydrogen-bond acceptors (Lipinski definition) is 5. The summed E-state index contributed by atoms with van der Waals surface area (Å²) in [6.07, 6.45) is 0. The van der Waals surface area contributed by atoms with Gasteiger partial charge in [0.15, 0.2) is 0 Å². The molecule has 1 heterocycles. The minimum atomic E-state index is -0.245. The second-order valence-electron chi connectivity index (χ2n) is 3.70. The smallest absolute Gasteiger partial charge is 0.275 e. The van der Waals surface area contributed by atoms with E-state index in [1.807, 2.05) is 30.3 Å². The molecule has 100 valence electrons. The van der Waals surface area contributed by atoms with Crippen LogP contribution < -0.4 is 16.0 Å². The number of thiophene rings is 1. The van der Waals surface area contributed by atoms with Crippen LogP contribution in [0.5, 0.6) is 5.75 Å². The number of amides is 1. The summed E-state index contributed by atoms with van der Waals surface area (Å²) < 4.78 is 5.11. The fourth-order valence-corrected chi connectivity index (χ4v) is 3.33. The summed E-state index contributed by atoms with van der Waals surface area (Å²) in [5.74, 6) is 6.53. The van der Waals surface area contributed by atoms with E-state index in [1.54, 1.807) is 24.9 Å². The van der Waals surface area contributed by atoms with Gasteiger partial charge in [-0.25, -0.2) is 5.84 Å². The number of hydrogen-bond donors (Lipinski definition) is 2. The highest BCUT2D eigenvalue weighted by Crippen LogP contribution is 2.28. The van der Waals surface area contributed by atoms with Crippen molar-refractivity contribution in [2.24, 2.45) is 5.84 Å². The Balaban J connectivity index is 1.94. The second-order valence-corrected chi connectivity index (χ2v) is 5.92. The Morgan fingerprint density at radius 2 is 2.05 bits per heavy atom. The van der Waals surface area contributed by atoms with Crippen molar-refractivity contribution in [2.75, 3.05) is 7.11 Å². The molecule has 4 nitrogen and oxygen atoms in total. The van der Waals surface area contributed by atoms with Crippen LogP contribution in [0.3, 0.4) is 0 Å². The molecule has 3 N–H and O–H groups in total. The van der Waals surface area contributed by atoms with Crippen LogP contribution in [0, 0.1) is 0 Å². The van der Waals surface area contributed by atoms with Crippen LogP contribution in [-0.4, -0.2) is 13.0 Å². The van der Waals surface area contributed by atoms with Crippen LogP contribution in [-0.2, 0) is 5.75 Å². The standard InChI is InChI=1S/C13H14N2O2S2/c1-17-9-2-4-10(5-3-9)18-8-11-6-7-12(19-11)13(16)15-14/h2-7H,8,14H2,1H3,(H,15,16). The van der Waals surface area contributed by atoms with Crippen molar-refractivity contribution < 1.29 is 9.53 Å². The van der Waals surface area contributed by atoms with Gasteiger partial charge in [0.25, 0.3) is 5.91 Å². The maximum Gasteiger partial charge on any atom is 0.275 e. The molecular weight excluding hydrogens is 280 g/mol. The van der Waals surface area contributed by atoms with E-state index in [2.05, 4.69) is 5.43 Å². The van der Waals surface area contributed by atoms with Crippen LogP contribution >= 0.6 is 23.1 Å². The molecule has 1 amide bonds. The molecule has 2 aromatic rings. The number of nitrogen functional groups attached to an aromatic ring is 1. The lowest BCUT2D eigenvalue weighted by Crippen LogP contribution is -2.29. The van der Waals surface area contributed by atoms with E-state index < -0.39 is 0 Å². The predicted molar refractivity (Wildman–Crippen MR) is 78.5 cm³/mol. The van der Waals surface area contributed by atoms with E-state index in [0.29, 0.717) is 4.88 Å². The monoisotopic (exact) mass is 294 g/mol. The summed E-state index contributed by atoms with van der Waals surface area (Å²) in [5.41, 5.74) is 2.13. The molecule has 0 atom stereocenters. The van der Waals surface area contributed by atoms with Gasteiger partial charge in [0.1, 0.15) is 5.75 Å². The van der Waals surface area contributed by atoms with Crippen molar-refractivity contribution in [3.63, 3.8) is 0 Å². The molecule has 2 rings (SSSR count). The van der Waals surface area contributed by atoms with E-state index in [1.165, 1.54) is 16.2 Å². The van der Waals surface area contributed by atoms with Gasteiger partial charge in [-0.3, -0.25) is 10.2 Å². The van der Waals surface area contributed by atoms with Gasteiger partial charge in [-0.2, -0.15) is 0 Å². The Hall–Kier alpha value is -1.50. The fourth-order valence-electron chi connectivity index (χ4n) is 1.48. The second kappa shape index (κ2) is 6.60. The van der Waals surface area contributed by atoms with Crippen molar-refractivity contribution in [1.29, 1.82) is 0 Å². The normalized spacial score (nSPS) is 10.2.